The first kappa shape index (κ1) is 22.7. The van der Waals surface area contributed by atoms with Crippen molar-refractivity contribution in [1.29, 1.82) is 0 Å². The maximum Gasteiger partial charge on any atom is 0.286 e. The number of benzene rings is 1. The van der Waals surface area contributed by atoms with E-state index in [4.69, 9.17) is 16.3 Å². The quantitative estimate of drug-likeness (QED) is 0.388. The molecule has 0 bridgehead atoms. The summed E-state index contributed by atoms with van der Waals surface area (Å²) < 4.78 is 45.0. The molecule has 0 saturated heterocycles. The van der Waals surface area contributed by atoms with Crippen LogP contribution in [0.5, 0.6) is 5.75 Å². The van der Waals surface area contributed by atoms with Gasteiger partial charge in [0.25, 0.3) is 12.0 Å². The topological polar surface area (TPSA) is 48.3 Å². The Balaban J connectivity index is 1.81. The van der Waals surface area contributed by atoms with Crippen LogP contribution in [0.3, 0.4) is 0 Å². The number of hydrogen-bond acceptors (Lipinski definition) is 4. The van der Waals surface area contributed by atoms with Crippen LogP contribution in [0.4, 0.5) is 13.2 Å². The molecular formula is C22H15ClF3NO3S. The van der Waals surface area contributed by atoms with Crippen molar-refractivity contribution in [3.63, 3.8) is 0 Å². The molecule has 0 aliphatic rings. The summed E-state index contributed by atoms with van der Waals surface area (Å²) >= 11 is 7.21. The van der Waals surface area contributed by atoms with Gasteiger partial charge in [0.05, 0.1) is 24.1 Å². The van der Waals surface area contributed by atoms with Crippen LogP contribution in [0.1, 0.15) is 26.4 Å². The molecule has 1 aromatic carbocycles. The lowest BCUT2D eigenvalue weighted by atomic mass is 10.1. The summed E-state index contributed by atoms with van der Waals surface area (Å²) in [6.45, 7) is -0.952. The first-order valence-corrected chi connectivity index (χ1v) is 10.1. The Morgan fingerprint density at radius 2 is 2.03 bits per heavy atom. The number of halogens is 4. The standard InChI is InChI=1S/C22H15ClF3NO3S/c1-30-16-4-2-3-13(7-16)5-6-15-10-19(31-21(15)23)18(28)9-14-8-17(24)22(29)27(11-14)12-20(25)26/h2-4,7-8,10-11,20H,9,12H2,1H3. The average molecular weight is 466 g/mol. The number of nitrogens with zero attached hydrogens (tertiary/aromatic N) is 1. The SMILES string of the molecule is COc1cccc(C#Cc2cc(C(=O)Cc3cc(F)c(=O)n(CC(F)F)c3)sc2Cl)c1. The highest BCUT2D eigenvalue weighted by Crippen LogP contribution is 2.28. The van der Waals surface area contributed by atoms with E-state index in [0.717, 1.165) is 23.6 Å². The highest BCUT2D eigenvalue weighted by Gasteiger charge is 2.16. The Kier molecular flexibility index (Phi) is 7.21. The van der Waals surface area contributed by atoms with Gasteiger partial charge in [-0.3, -0.25) is 9.59 Å². The highest BCUT2D eigenvalue weighted by molar-refractivity contribution is 7.18. The molecule has 0 aliphatic carbocycles. The van der Waals surface area contributed by atoms with Crippen LogP contribution in [-0.4, -0.2) is 23.9 Å². The maximum atomic E-state index is 13.8. The predicted octanol–water partition coefficient (Wildman–Crippen LogP) is 4.80. The van der Waals surface area contributed by atoms with Crippen LogP contribution in [0.15, 0.2) is 47.4 Å². The minimum atomic E-state index is -2.83. The van der Waals surface area contributed by atoms with Crippen molar-refractivity contribution >= 4 is 28.7 Å². The monoisotopic (exact) mass is 465 g/mol. The number of pyridine rings is 1. The summed E-state index contributed by atoms with van der Waals surface area (Å²) in [4.78, 5) is 24.5. The maximum absolute atomic E-state index is 13.8. The number of carbonyl (C=O) groups excluding carboxylic acids is 1. The minimum Gasteiger partial charge on any atom is -0.497 e. The zero-order valence-corrected chi connectivity index (χ0v) is 17.7. The Hall–Kier alpha value is -3.02. The van der Waals surface area contributed by atoms with Gasteiger partial charge in [0.2, 0.25) is 0 Å². The van der Waals surface area contributed by atoms with Gasteiger partial charge in [-0.25, -0.2) is 13.2 Å². The molecule has 0 N–H and O–H groups in total. The smallest absolute Gasteiger partial charge is 0.286 e. The summed E-state index contributed by atoms with van der Waals surface area (Å²) in [5.41, 5.74) is 0.0972. The third kappa shape index (κ3) is 5.78. The minimum absolute atomic E-state index is 0.108. The predicted molar refractivity (Wildman–Crippen MR) is 113 cm³/mol. The van der Waals surface area contributed by atoms with E-state index in [2.05, 4.69) is 11.8 Å². The van der Waals surface area contributed by atoms with E-state index in [1.807, 2.05) is 0 Å². The number of carbonyl (C=O) groups is 1. The normalized spacial score (nSPS) is 10.6. The summed E-state index contributed by atoms with van der Waals surface area (Å²) in [6.07, 6.45) is -2.04. The largest absolute Gasteiger partial charge is 0.497 e. The second-order valence-electron chi connectivity index (χ2n) is 6.42. The first-order chi connectivity index (χ1) is 14.8. The number of ketones is 1. The molecule has 0 atom stereocenters. The molecule has 0 unspecified atom stereocenters. The van der Waals surface area contributed by atoms with Crippen LogP contribution in [-0.2, 0) is 13.0 Å². The molecule has 2 aromatic heterocycles. The van der Waals surface area contributed by atoms with Gasteiger partial charge >= 0.3 is 0 Å². The number of alkyl halides is 2. The molecule has 0 saturated carbocycles. The molecule has 9 heteroatoms. The van der Waals surface area contributed by atoms with Gasteiger partial charge in [-0.2, -0.15) is 0 Å². The van der Waals surface area contributed by atoms with Crippen molar-refractivity contribution < 1.29 is 22.7 Å². The lowest BCUT2D eigenvalue weighted by molar-refractivity contribution is 0.0996. The zero-order chi connectivity index (χ0) is 22.5. The van der Waals surface area contributed by atoms with Gasteiger partial charge < -0.3 is 9.30 Å². The van der Waals surface area contributed by atoms with E-state index in [-0.39, 0.29) is 16.9 Å². The molecule has 160 valence electrons. The average Bonchev–Trinajstić information content (AvgIpc) is 3.10. The molecule has 4 nitrogen and oxygen atoms in total. The molecule has 2 heterocycles. The van der Waals surface area contributed by atoms with Crippen LogP contribution >= 0.6 is 22.9 Å². The van der Waals surface area contributed by atoms with E-state index < -0.39 is 30.1 Å². The molecule has 0 aliphatic heterocycles. The summed E-state index contributed by atoms with van der Waals surface area (Å²) in [7, 11) is 1.55. The number of hydrogen-bond donors (Lipinski definition) is 0. The third-order valence-electron chi connectivity index (χ3n) is 4.17. The fraction of sp³-hybridized carbons (Fsp3) is 0.182. The van der Waals surface area contributed by atoms with Gasteiger partial charge in [0, 0.05) is 18.2 Å². The number of aromatic nitrogens is 1. The summed E-state index contributed by atoms with van der Waals surface area (Å²) in [5, 5.41) is 0. The van der Waals surface area contributed by atoms with E-state index in [1.165, 1.54) is 6.07 Å². The van der Waals surface area contributed by atoms with Gasteiger partial charge in [-0.1, -0.05) is 29.5 Å². The van der Waals surface area contributed by atoms with Crippen molar-refractivity contribution in [1.82, 2.24) is 4.57 Å². The van der Waals surface area contributed by atoms with Crippen LogP contribution in [0, 0.1) is 17.7 Å². The number of methoxy groups -OCH3 is 1. The van der Waals surface area contributed by atoms with Gasteiger partial charge in [0.15, 0.2) is 11.6 Å². The fourth-order valence-corrected chi connectivity index (χ4v) is 3.87. The van der Waals surface area contributed by atoms with Crippen molar-refractivity contribution in [2.45, 2.75) is 19.4 Å². The van der Waals surface area contributed by atoms with Crippen LogP contribution in [0.2, 0.25) is 4.34 Å². The Morgan fingerprint density at radius 3 is 2.74 bits per heavy atom. The number of Topliss-reactive ketones (excluding diaryl/α,β-unsaturated/α-hetero) is 1. The van der Waals surface area contributed by atoms with E-state index in [9.17, 15) is 22.8 Å². The number of ether oxygens (including phenoxy) is 1. The summed E-state index contributed by atoms with van der Waals surface area (Å²) in [6, 6.07) is 9.52. The Bertz CT molecular complexity index is 1240. The second-order valence-corrected chi connectivity index (χ2v) is 8.08. The van der Waals surface area contributed by atoms with E-state index >= 15 is 0 Å². The second kappa shape index (κ2) is 9.86. The molecular weight excluding hydrogens is 451 g/mol. The van der Waals surface area contributed by atoms with Crippen LogP contribution in [0.25, 0.3) is 0 Å². The van der Waals surface area contributed by atoms with Crippen molar-refractivity contribution in [3.8, 4) is 17.6 Å². The molecule has 0 fully saturated rings. The van der Waals surface area contributed by atoms with Gasteiger partial charge in [-0.05, 0) is 35.9 Å². The van der Waals surface area contributed by atoms with Gasteiger partial charge in [-0.15, -0.1) is 11.3 Å². The Morgan fingerprint density at radius 1 is 1.26 bits per heavy atom. The molecule has 0 amide bonds. The zero-order valence-electron chi connectivity index (χ0n) is 16.1. The molecule has 3 rings (SSSR count). The highest BCUT2D eigenvalue weighted by atomic mass is 35.5. The number of thiophene rings is 1. The summed E-state index contributed by atoms with van der Waals surface area (Å²) in [5.74, 6) is 4.90. The number of rotatable bonds is 6. The third-order valence-corrected chi connectivity index (χ3v) is 5.57. The van der Waals surface area contributed by atoms with Crippen molar-refractivity contribution in [2.24, 2.45) is 0 Å². The lowest BCUT2D eigenvalue weighted by Crippen LogP contribution is -2.26. The molecule has 0 spiro atoms. The van der Waals surface area contributed by atoms with Crippen LogP contribution < -0.4 is 10.3 Å². The molecule has 3 aromatic rings. The van der Waals surface area contributed by atoms with E-state index in [1.54, 1.807) is 31.4 Å². The van der Waals surface area contributed by atoms with Gasteiger partial charge in [0.1, 0.15) is 10.1 Å². The van der Waals surface area contributed by atoms with Crippen molar-refractivity contribution in [3.05, 3.63) is 84.7 Å². The Labute approximate surface area is 184 Å². The van der Waals surface area contributed by atoms with Crippen molar-refractivity contribution in [2.75, 3.05) is 7.11 Å². The van der Waals surface area contributed by atoms with E-state index in [0.29, 0.717) is 25.8 Å². The fourth-order valence-electron chi connectivity index (χ4n) is 2.74. The molecule has 31 heavy (non-hydrogen) atoms. The lowest BCUT2D eigenvalue weighted by Gasteiger charge is -2.08. The first-order valence-electron chi connectivity index (χ1n) is 8.92. The molecule has 0 radical (unpaired) electrons.